The average Bonchev–Trinajstić information content (AvgIpc) is 2.63. The van der Waals surface area contributed by atoms with E-state index in [1.165, 1.54) is 10.5 Å². The van der Waals surface area contributed by atoms with Crippen LogP contribution in [0.3, 0.4) is 0 Å². The highest BCUT2D eigenvalue weighted by Crippen LogP contribution is 2.58. The molecule has 0 aromatic heterocycles. The van der Waals surface area contributed by atoms with Crippen molar-refractivity contribution in [2.24, 2.45) is 16.2 Å². The minimum atomic E-state index is -0.723. The summed E-state index contributed by atoms with van der Waals surface area (Å²) in [6.07, 6.45) is 3.43. The molecule has 1 aliphatic carbocycles. The van der Waals surface area contributed by atoms with Gasteiger partial charge in [-0.15, -0.1) is 0 Å². The molecule has 4 rings (SSSR count). The Kier molecular flexibility index (Phi) is 3.82. The maximum absolute atomic E-state index is 13.7. The van der Waals surface area contributed by atoms with E-state index in [9.17, 15) is 14.4 Å². The van der Waals surface area contributed by atoms with Crippen molar-refractivity contribution in [1.29, 1.82) is 0 Å². The molecule has 0 N–H and O–H groups in total. The SMILES string of the molecule is CN1C(=O)C2(C)CC(C)(CC(C)(C(=O)N3CCCc4ccccc43)C2)C1=O. The van der Waals surface area contributed by atoms with E-state index in [1.807, 2.05) is 43.9 Å². The summed E-state index contributed by atoms with van der Waals surface area (Å²) in [5.74, 6) is -0.248. The number of hydrogen-bond acceptors (Lipinski definition) is 3. The Morgan fingerprint density at radius 1 is 0.963 bits per heavy atom. The lowest BCUT2D eigenvalue weighted by Crippen LogP contribution is -2.64. The molecule has 1 aromatic rings. The van der Waals surface area contributed by atoms with Crippen molar-refractivity contribution < 1.29 is 14.4 Å². The van der Waals surface area contributed by atoms with Crippen LogP contribution in [0.1, 0.15) is 52.0 Å². The summed E-state index contributed by atoms with van der Waals surface area (Å²) in [7, 11) is 1.58. The largest absolute Gasteiger partial charge is 0.312 e. The van der Waals surface area contributed by atoms with Gasteiger partial charge < -0.3 is 4.90 Å². The quantitative estimate of drug-likeness (QED) is 0.716. The molecular weight excluding hydrogens is 340 g/mol. The Morgan fingerprint density at radius 3 is 2.19 bits per heavy atom. The molecule has 1 saturated carbocycles. The highest BCUT2D eigenvalue weighted by atomic mass is 16.2. The maximum Gasteiger partial charge on any atom is 0.234 e. The second-order valence-corrected chi connectivity index (χ2v) is 9.57. The van der Waals surface area contributed by atoms with Crippen LogP contribution < -0.4 is 4.90 Å². The smallest absolute Gasteiger partial charge is 0.234 e. The molecule has 2 fully saturated rings. The van der Waals surface area contributed by atoms with Crippen LogP contribution in [-0.4, -0.2) is 36.2 Å². The first-order valence-electron chi connectivity index (χ1n) is 9.82. The zero-order chi connectivity index (χ0) is 19.6. The number of piperidine rings is 1. The van der Waals surface area contributed by atoms with Gasteiger partial charge in [-0.25, -0.2) is 0 Å². The number of carbonyl (C=O) groups excluding carboxylic acids is 3. The lowest BCUT2D eigenvalue weighted by Gasteiger charge is -2.56. The third kappa shape index (κ3) is 2.54. The number of aryl methyl sites for hydroxylation is 1. The van der Waals surface area contributed by atoms with Crippen LogP contribution in [0.15, 0.2) is 24.3 Å². The Bertz CT molecular complexity index is 818. The van der Waals surface area contributed by atoms with Crippen LogP contribution in [0.2, 0.25) is 0 Å². The second-order valence-electron chi connectivity index (χ2n) is 9.57. The molecule has 1 aromatic carbocycles. The van der Waals surface area contributed by atoms with Gasteiger partial charge in [-0.3, -0.25) is 19.3 Å². The molecule has 1 saturated heterocycles. The zero-order valence-electron chi connectivity index (χ0n) is 16.7. The first kappa shape index (κ1) is 18.2. The summed E-state index contributed by atoms with van der Waals surface area (Å²) < 4.78 is 0. The van der Waals surface area contributed by atoms with Crippen LogP contribution in [0.25, 0.3) is 0 Å². The van der Waals surface area contributed by atoms with Gasteiger partial charge in [0.15, 0.2) is 0 Å². The highest BCUT2D eigenvalue weighted by Gasteiger charge is 2.63. The van der Waals surface area contributed by atoms with Crippen molar-refractivity contribution >= 4 is 23.4 Å². The fourth-order valence-corrected chi connectivity index (χ4v) is 6.20. The van der Waals surface area contributed by atoms with Crippen LogP contribution >= 0.6 is 0 Å². The summed E-state index contributed by atoms with van der Waals surface area (Å²) in [5, 5.41) is 0. The summed E-state index contributed by atoms with van der Waals surface area (Å²) in [6, 6.07) is 8.06. The van der Waals surface area contributed by atoms with Gasteiger partial charge in [0, 0.05) is 35.5 Å². The number of hydrogen-bond donors (Lipinski definition) is 0. The number of nitrogens with zero attached hydrogens (tertiary/aromatic N) is 2. The molecule has 5 heteroatoms. The van der Waals surface area contributed by atoms with Crippen molar-refractivity contribution in [3.05, 3.63) is 29.8 Å². The molecule has 27 heavy (non-hydrogen) atoms. The summed E-state index contributed by atoms with van der Waals surface area (Å²) in [4.78, 5) is 42.7. The normalized spacial score (nSPS) is 35.9. The van der Waals surface area contributed by atoms with Gasteiger partial charge in [-0.1, -0.05) is 39.0 Å². The second kappa shape index (κ2) is 5.66. The summed E-state index contributed by atoms with van der Waals surface area (Å²) in [5.41, 5.74) is 0.112. The molecule has 144 valence electrons. The molecule has 2 unspecified atom stereocenters. The van der Waals surface area contributed by atoms with Crippen molar-refractivity contribution in [2.45, 2.75) is 52.9 Å². The molecule has 3 aliphatic rings. The number of carbonyl (C=O) groups is 3. The predicted molar refractivity (Wildman–Crippen MR) is 103 cm³/mol. The Morgan fingerprint density at radius 2 is 1.56 bits per heavy atom. The van der Waals surface area contributed by atoms with E-state index in [0.29, 0.717) is 25.8 Å². The molecular formula is C22H28N2O3. The van der Waals surface area contributed by atoms with Gasteiger partial charge in [0.25, 0.3) is 0 Å². The Hall–Kier alpha value is -2.17. The number of anilines is 1. The number of rotatable bonds is 1. The van der Waals surface area contributed by atoms with Gasteiger partial charge in [-0.2, -0.15) is 0 Å². The predicted octanol–water partition coefficient (Wildman–Crippen LogP) is 3.17. The van der Waals surface area contributed by atoms with E-state index >= 15 is 0 Å². The van der Waals surface area contributed by atoms with E-state index in [1.54, 1.807) is 7.05 Å². The van der Waals surface area contributed by atoms with Crippen molar-refractivity contribution in [3.8, 4) is 0 Å². The molecule has 5 nitrogen and oxygen atoms in total. The Labute approximate surface area is 160 Å². The van der Waals surface area contributed by atoms with Crippen LogP contribution in [0.4, 0.5) is 5.69 Å². The lowest BCUT2D eigenvalue weighted by molar-refractivity contribution is -0.177. The van der Waals surface area contributed by atoms with Crippen LogP contribution in [0, 0.1) is 16.2 Å². The maximum atomic E-state index is 13.7. The van der Waals surface area contributed by atoms with Gasteiger partial charge in [0.2, 0.25) is 17.7 Å². The third-order valence-electron chi connectivity index (χ3n) is 6.85. The molecule has 2 heterocycles. The van der Waals surface area contributed by atoms with Gasteiger partial charge in [-0.05, 0) is 43.7 Å². The van der Waals surface area contributed by atoms with Gasteiger partial charge in [0.05, 0.1) is 0 Å². The van der Waals surface area contributed by atoms with E-state index in [4.69, 9.17) is 0 Å². The first-order chi connectivity index (χ1) is 12.6. The molecule has 0 radical (unpaired) electrons. The standard InChI is InChI=1S/C22H28N2O3/c1-20-12-21(2,18(26)23(4)17(20)25)14-22(3,13-20)19(27)24-11-7-9-15-8-5-6-10-16(15)24/h5-6,8,10H,7,9,11-14H2,1-4H3. The number of likely N-dealkylation sites (tertiary alicyclic amines) is 1. The molecule has 3 amide bonds. The molecule has 2 aliphatic heterocycles. The number of para-hydroxylation sites is 1. The fourth-order valence-electron chi connectivity index (χ4n) is 6.20. The monoisotopic (exact) mass is 368 g/mol. The third-order valence-corrected chi connectivity index (χ3v) is 6.85. The number of fused-ring (bicyclic) bond motifs is 3. The van der Waals surface area contributed by atoms with Gasteiger partial charge >= 0.3 is 0 Å². The number of imide groups is 1. The van der Waals surface area contributed by atoms with Gasteiger partial charge in [0.1, 0.15) is 0 Å². The van der Waals surface area contributed by atoms with E-state index in [0.717, 1.165) is 18.5 Å². The van der Waals surface area contributed by atoms with Crippen molar-refractivity contribution in [1.82, 2.24) is 4.90 Å². The summed E-state index contributed by atoms with van der Waals surface area (Å²) in [6.45, 7) is 6.49. The van der Waals surface area contributed by atoms with E-state index < -0.39 is 16.2 Å². The highest BCUT2D eigenvalue weighted by molar-refractivity contribution is 6.06. The minimum Gasteiger partial charge on any atom is -0.312 e. The minimum absolute atomic E-state index is 0.0527. The van der Waals surface area contributed by atoms with E-state index in [2.05, 4.69) is 6.07 Å². The number of amides is 3. The first-order valence-corrected chi connectivity index (χ1v) is 9.82. The average molecular weight is 368 g/mol. The topological polar surface area (TPSA) is 57.7 Å². The van der Waals surface area contributed by atoms with Crippen LogP contribution in [-0.2, 0) is 20.8 Å². The lowest BCUT2D eigenvalue weighted by atomic mass is 9.51. The molecule has 0 spiro atoms. The summed E-state index contributed by atoms with van der Waals surface area (Å²) >= 11 is 0. The van der Waals surface area contributed by atoms with Crippen molar-refractivity contribution in [2.75, 3.05) is 18.5 Å². The molecule has 2 atom stereocenters. The Balaban J connectivity index is 1.73. The number of benzene rings is 1. The van der Waals surface area contributed by atoms with E-state index in [-0.39, 0.29) is 17.7 Å². The fraction of sp³-hybridized carbons (Fsp3) is 0.591. The molecule has 2 bridgehead atoms. The van der Waals surface area contributed by atoms with Crippen molar-refractivity contribution in [3.63, 3.8) is 0 Å². The van der Waals surface area contributed by atoms with Crippen LogP contribution in [0.5, 0.6) is 0 Å². The zero-order valence-corrected chi connectivity index (χ0v) is 16.7.